The third kappa shape index (κ3) is 4.36. The van der Waals surface area contributed by atoms with Gasteiger partial charge in [0.2, 0.25) is 0 Å². The molecule has 0 aliphatic rings. The lowest BCUT2D eigenvalue weighted by atomic mass is 10.1. The number of carbonyl (C=O) groups is 1. The molecule has 1 amide bonds. The van der Waals surface area contributed by atoms with E-state index in [0.29, 0.717) is 36.8 Å². The van der Waals surface area contributed by atoms with Gasteiger partial charge in [0, 0.05) is 17.0 Å². The Bertz CT molecular complexity index is 652. The van der Waals surface area contributed by atoms with E-state index in [1.807, 2.05) is 24.4 Å². The van der Waals surface area contributed by atoms with E-state index >= 15 is 0 Å². The number of hydrogen-bond donors (Lipinski definition) is 0. The van der Waals surface area contributed by atoms with Gasteiger partial charge >= 0.3 is 0 Å². The summed E-state index contributed by atoms with van der Waals surface area (Å²) >= 11 is 1.63. The zero-order valence-electron chi connectivity index (χ0n) is 13.5. The van der Waals surface area contributed by atoms with Crippen LogP contribution < -0.4 is 9.47 Å². The molecule has 23 heavy (non-hydrogen) atoms. The summed E-state index contributed by atoms with van der Waals surface area (Å²) in [4.78, 5) is 15.7. The number of rotatable bonds is 8. The van der Waals surface area contributed by atoms with E-state index < -0.39 is 0 Å². The molecule has 0 aliphatic carbocycles. The fraction of sp³-hybridized carbons (Fsp3) is 0.278. The highest BCUT2D eigenvalue weighted by Gasteiger charge is 2.17. The van der Waals surface area contributed by atoms with Gasteiger partial charge in [0.05, 0.1) is 20.3 Å². The maximum atomic E-state index is 12.8. The quantitative estimate of drug-likeness (QED) is 0.687. The van der Waals surface area contributed by atoms with Gasteiger partial charge in [-0.25, -0.2) is 0 Å². The van der Waals surface area contributed by atoms with Crippen molar-refractivity contribution in [3.63, 3.8) is 0 Å². The molecule has 0 saturated heterocycles. The van der Waals surface area contributed by atoms with E-state index in [-0.39, 0.29) is 5.91 Å². The summed E-state index contributed by atoms with van der Waals surface area (Å²) in [6, 6.07) is 9.25. The number of ether oxygens (including phenoxy) is 2. The highest BCUT2D eigenvalue weighted by molar-refractivity contribution is 7.09. The molecule has 1 aromatic heterocycles. The van der Waals surface area contributed by atoms with E-state index in [1.54, 1.807) is 47.6 Å². The summed E-state index contributed by atoms with van der Waals surface area (Å²) in [6.07, 6.45) is 1.73. The van der Waals surface area contributed by atoms with E-state index in [2.05, 4.69) is 6.58 Å². The number of benzene rings is 1. The summed E-state index contributed by atoms with van der Waals surface area (Å²) in [7, 11) is 1.58. The molecule has 5 heteroatoms. The number of carbonyl (C=O) groups excluding carboxylic acids is 1. The predicted octanol–water partition coefficient (Wildman–Crippen LogP) is 3.98. The van der Waals surface area contributed by atoms with Crippen molar-refractivity contribution >= 4 is 17.2 Å². The van der Waals surface area contributed by atoms with Crippen LogP contribution in [0.1, 0.15) is 22.2 Å². The SMILES string of the molecule is C=CCN(Cc1cccs1)C(=O)c1ccc(OC)c(OCC)c1. The molecule has 0 fully saturated rings. The van der Waals surface area contributed by atoms with Crippen molar-refractivity contribution in [2.45, 2.75) is 13.5 Å². The molecular weight excluding hydrogens is 310 g/mol. The van der Waals surface area contributed by atoms with Crippen molar-refractivity contribution in [3.8, 4) is 11.5 Å². The molecule has 0 aliphatic heterocycles. The van der Waals surface area contributed by atoms with Crippen LogP contribution in [0.25, 0.3) is 0 Å². The second-order valence-corrected chi connectivity index (χ2v) is 5.88. The predicted molar refractivity (Wildman–Crippen MR) is 93.4 cm³/mol. The first-order chi connectivity index (χ1) is 11.2. The third-order valence-corrected chi connectivity index (χ3v) is 4.14. The van der Waals surface area contributed by atoms with Gasteiger partial charge in [-0.15, -0.1) is 17.9 Å². The normalized spacial score (nSPS) is 10.2. The van der Waals surface area contributed by atoms with Crippen molar-refractivity contribution < 1.29 is 14.3 Å². The lowest BCUT2D eigenvalue weighted by Gasteiger charge is -2.21. The van der Waals surface area contributed by atoms with Crippen molar-refractivity contribution in [3.05, 3.63) is 58.8 Å². The molecule has 0 spiro atoms. The number of thiophene rings is 1. The molecule has 1 heterocycles. The van der Waals surface area contributed by atoms with Crippen molar-refractivity contribution in [2.75, 3.05) is 20.3 Å². The van der Waals surface area contributed by atoms with Crippen LogP contribution in [0.5, 0.6) is 11.5 Å². The highest BCUT2D eigenvalue weighted by Crippen LogP contribution is 2.28. The lowest BCUT2D eigenvalue weighted by molar-refractivity contribution is 0.0763. The number of methoxy groups -OCH3 is 1. The second kappa shape index (κ2) is 8.39. The van der Waals surface area contributed by atoms with Gasteiger partial charge in [0.25, 0.3) is 5.91 Å². The Kier molecular flexibility index (Phi) is 6.23. The maximum absolute atomic E-state index is 12.8. The Morgan fingerprint density at radius 3 is 2.78 bits per heavy atom. The molecule has 0 unspecified atom stereocenters. The largest absolute Gasteiger partial charge is 0.493 e. The molecule has 0 N–H and O–H groups in total. The molecule has 2 rings (SSSR count). The zero-order valence-corrected chi connectivity index (χ0v) is 14.3. The fourth-order valence-electron chi connectivity index (χ4n) is 2.23. The average molecular weight is 331 g/mol. The number of nitrogens with zero attached hydrogens (tertiary/aromatic N) is 1. The Morgan fingerprint density at radius 1 is 1.35 bits per heavy atom. The zero-order chi connectivity index (χ0) is 16.7. The Balaban J connectivity index is 2.24. The number of hydrogen-bond acceptors (Lipinski definition) is 4. The van der Waals surface area contributed by atoms with Crippen molar-refractivity contribution in [1.82, 2.24) is 4.90 Å². The second-order valence-electron chi connectivity index (χ2n) is 4.85. The van der Waals surface area contributed by atoms with Crippen LogP contribution in [0, 0.1) is 0 Å². The van der Waals surface area contributed by atoms with E-state index in [1.165, 1.54) is 0 Å². The molecular formula is C18H21NO3S. The molecule has 4 nitrogen and oxygen atoms in total. The molecule has 0 radical (unpaired) electrons. The van der Waals surface area contributed by atoms with Crippen LogP contribution >= 0.6 is 11.3 Å². The van der Waals surface area contributed by atoms with Crippen molar-refractivity contribution in [1.29, 1.82) is 0 Å². The van der Waals surface area contributed by atoms with Gasteiger partial charge in [-0.2, -0.15) is 0 Å². The minimum absolute atomic E-state index is 0.0538. The van der Waals surface area contributed by atoms with Gasteiger partial charge in [0.1, 0.15) is 0 Å². The monoisotopic (exact) mass is 331 g/mol. The minimum Gasteiger partial charge on any atom is -0.493 e. The third-order valence-electron chi connectivity index (χ3n) is 3.27. The molecule has 0 saturated carbocycles. The summed E-state index contributed by atoms with van der Waals surface area (Å²) in [5.74, 6) is 1.15. The molecule has 0 bridgehead atoms. The van der Waals surface area contributed by atoms with E-state index in [0.717, 1.165) is 4.88 Å². The topological polar surface area (TPSA) is 38.8 Å². The summed E-state index contributed by atoms with van der Waals surface area (Å²) in [6.45, 7) is 7.22. The van der Waals surface area contributed by atoms with Gasteiger partial charge in [-0.3, -0.25) is 4.79 Å². The number of amides is 1. The van der Waals surface area contributed by atoms with Crippen LogP contribution in [0.3, 0.4) is 0 Å². The van der Waals surface area contributed by atoms with Gasteiger partial charge in [0.15, 0.2) is 11.5 Å². The lowest BCUT2D eigenvalue weighted by Crippen LogP contribution is -2.30. The van der Waals surface area contributed by atoms with Crippen LogP contribution in [0.15, 0.2) is 48.4 Å². The fourth-order valence-corrected chi connectivity index (χ4v) is 2.95. The van der Waals surface area contributed by atoms with Gasteiger partial charge in [-0.05, 0) is 36.6 Å². The average Bonchev–Trinajstić information content (AvgIpc) is 3.07. The standard InChI is InChI=1S/C18H21NO3S/c1-4-10-19(13-15-7-6-11-23-15)18(20)14-8-9-16(21-3)17(12-14)22-5-2/h4,6-9,11-12H,1,5,10,13H2,2-3H3. The van der Waals surface area contributed by atoms with Crippen LogP contribution in [0.4, 0.5) is 0 Å². The highest BCUT2D eigenvalue weighted by atomic mass is 32.1. The molecule has 0 atom stereocenters. The Labute approximate surface area is 141 Å². The smallest absolute Gasteiger partial charge is 0.254 e. The van der Waals surface area contributed by atoms with Gasteiger partial charge in [-0.1, -0.05) is 12.1 Å². The molecule has 2 aromatic rings. The summed E-state index contributed by atoms with van der Waals surface area (Å²) in [5.41, 5.74) is 0.577. The molecule has 122 valence electrons. The summed E-state index contributed by atoms with van der Waals surface area (Å²) < 4.78 is 10.8. The first-order valence-corrected chi connectivity index (χ1v) is 8.31. The maximum Gasteiger partial charge on any atom is 0.254 e. The Hall–Kier alpha value is -2.27. The van der Waals surface area contributed by atoms with Crippen LogP contribution in [-0.4, -0.2) is 31.1 Å². The van der Waals surface area contributed by atoms with Gasteiger partial charge < -0.3 is 14.4 Å². The molecule has 1 aromatic carbocycles. The minimum atomic E-state index is -0.0538. The van der Waals surface area contributed by atoms with Crippen LogP contribution in [0.2, 0.25) is 0 Å². The van der Waals surface area contributed by atoms with E-state index in [9.17, 15) is 4.79 Å². The van der Waals surface area contributed by atoms with Crippen LogP contribution in [-0.2, 0) is 6.54 Å². The first kappa shape index (κ1) is 17.1. The Morgan fingerprint density at radius 2 is 2.17 bits per heavy atom. The van der Waals surface area contributed by atoms with E-state index in [4.69, 9.17) is 9.47 Å². The first-order valence-electron chi connectivity index (χ1n) is 7.43. The summed E-state index contributed by atoms with van der Waals surface area (Å²) in [5, 5.41) is 2.01. The van der Waals surface area contributed by atoms with Crippen molar-refractivity contribution in [2.24, 2.45) is 0 Å².